The highest BCUT2D eigenvalue weighted by Gasteiger charge is 2.56. The largest absolute Gasteiger partial charge is 0.463 e. The Balaban J connectivity index is 1.26. The number of hydrogen-bond donors (Lipinski definition) is 0. The van der Waals surface area contributed by atoms with Crippen LogP contribution in [0.25, 0.3) is 5.57 Å². The number of carbonyl (C=O) groups excluding carboxylic acids is 2. The van der Waals surface area contributed by atoms with Crippen LogP contribution in [-0.2, 0) is 14.3 Å². The van der Waals surface area contributed by atoms with E-state index in [1.807, 2.05) is 13.0 Å². The molecule has 1 aromatic rings. The standard InChI is InChI=1S/C36H40FO3/c1-5-40-36(39)21(3)24-11-14-29-26(16-24)18-33-34(22(4)31-19-32(31)35(33)38)30(29)13-10-23-9-12-28(20(2)15-23)25-7-6-8-27(37)17-25/h6-10,12-13,17,19-20,22,24,26,29-30,33-34H,3,5,11,14-16,18H2,1-2,4H3/b13-10+/t20?,22-,24+,26-,29-,30+,33+,34+/m0/s1. The lowest BCUT2D eigenvalue weighted by molar-refractivity contribution is -0.139. The molecule has 2 saturated carbocycles. The zero-order chi connectivity index (χ0) is 28.1. The molecular weight excluding hydrogens is 499 g/mol. The van der Waals surface area contributed by atoms with Crippen molar-refractivity contribution in [2.75, 3.05) is 6.61 Å². The number of esters is 1. The molecule has 0 N–H and O–H groups in total. The lowest BCUT2D eigenvalue weighted by Crippen LogP contribution is -2.48. The van der Waals surface area contributed by atoms with Crippen molar-refractivity contribution < 1.29 is 18.7 Å². The van der Waals surface area contributed by atoms with Gasteiger partial charge in [-0.05, 0) is 109 Å². The van der Waals surface area contributed by atoms with Crippen molar-refractivity contribution >= 4 is 17.3 Å². The van der Waals surface area contributed by atoms with E-state index < -0.39 is 0 Å². The highest BCUT2D eigenvalue weighted by molar-refractivity contribution is 6.08. The quantitative estimate of drug-likeness (QED) is 0.273. The second-order valence-electron chi connectivity index (χ2n) is 12.7. The molecule has 5 aliphatic carbocycles. The number of carbonyl (C=O) groups is 2. The van der Waals surface area contributed by atoms with Crippen molar-refractivity contribution in [3.8, 4) is 0 Å². The second kappa shape index (κ2) is 10.8. The molecule has 2 fully saturated rings. The molecule has 0 amide bonds. The predicted molar refractivity (Wildman–Crippen MR) is 156 cm³/mol. The monoisotopic (exact) mass is 539 g/mol. The topological polar surface area (TPSA) is 43.4 Å². The molecule has 0 aromatic heterocycles. The van der Waals surface area contributed by atoms with Gasteiger partial charge in [-0.25, -0.2) is 9.18 Å². The second-order valence-corrected chi connectivity index (χ2v) is 12.7. The van der Waals surface area contributed by atoms with Crippen molar-refractivity contribution in [3.05, 3.63) is 95.2 Å². The number of ketones is 1. The third-order valence-corrected chi connectivity index (χ3v) is 10.5. The van der Waals surface area contributed by atoms with Crippen molar-refractivity contribution in [3.63, 3.8) is 0 Å². The minimum Gasteiger partial charge on any atom is -0.463 e. The average molecular weight is 540 g/mol. The van der Waals surface area contributed by atoms with Gasteiger partial charge in [0, 0.05) is 23.5 Å². The summed E-state index contributed by atoms with van der Waals surface area (Å²) in [6, 6.07) is 6.86. The summed E-state index contributed by atoms with van der Waals surface area (Å²) in [4.78, 5) is 25.9. The van der Waals surface area contributed by atoms with Gasteiger partial charge in [-0.3, -0.25) is 4.79 Å². The summed E-state index contributed by atoms with van der Waals surface area (Å²) in [5.41, 5.74) is 6.26. The van der Waals surface area contributed by atoms with E-state index in [0.717, 1.165) is 43.2 Å². The van der Waals surface area contributed by atoms with Crippen LogP contribution < -0.4 is 0 Å². The smallest absolute Gasteiger partial charge is 0.333 e. The third kappa shape index (κ3) is 4.88. The Morgan fingerprint density at radius 1 is 1.18 bits per heavy atom. The lowest BCUT2D eigenvalue weighted by Gasteiger charge is -2.52. The minimum absolute atomic E-state index is 0.0525. The average Bonchev–Trinajstić information content (AvgIpc) is 3.75. The number of ether oxygens (including phenoxy) is 1. The van der Waals surface area contributed by atoms with Gasteiger partial charge in [0.25, 0.3) is 0 Å². The molecule has 6 rings (SSSR count). The van der Waals surface area contributed by atoms with E-state index in [1.54, 1.807) is 12.1 Å². The highest BCUT2D eigenvalue weighted by atomic mass is 19.1. The number of Topliss-reactive ketones (excluding diaryl/α,β-unsaturated/α-hetero) is 1. The maximum atomic E-state index is 13.8. The Hall–Kier alpha value is -3.01. The van der Waals surface area contributed by atoms with Crippen LogP contribution in [0.1, 0.15) is 58.4 Å². The molecule has 1 radical (unpaired) electrons. The van der Waals surface area contributed by atoms with Gasteiger partial charge in [-0.15, -0.1) is 0 Å². The molecule has 5 aliphatic rings. The molecule has 4 heteroatoms. The summed E-state index contributed by atoms with van der Waals surface area (Å²) >= 11 is 0. The third-order valence-electron chi connectivity index (χ3n) is 10.5. The Morgan fingerprint density at radius 2 is 2.00 bits per heavy atom. The van der Waals surface area contributed by atoms with Crippen LogP contribution in [0.4, 0.5) is 4.39 Å². The molecule has 0 aliphatic heterocycles. The molecule has 209 valence electrons. The Kier molecular flexibility index (Phi) is 7.31. The molecule has 0 bridgehead atoms. The van der Waals surface area contributed by atoms with Gasteiger partial charge in [-0.1, -0.05) is 62.4 Å². The van der Waals surface area contributed by atoms with Crippen LogP contribution in [-0.4, -0.2) is 18.4 Å². The van der Waals surface area contributed by atoms with Gasteiger partial charge in [0.1, 0.15) is 5.82 Å². The number of hydrogen-bond acceptors (Lipinski definition) is 3. The van der Waals surface area contributed by atoms with E-state index in [-0.39, 0.29) is 23.6 Å². The summed E-state index contributed by atoms with van der Waals surface area (Å²) in [6.45, 7) is 10.8. The molecule has 0 spiro atoms. The van der Waals surface area contributed by atoms with Crippen LogP contribution in [0.3, 0.4) is 0 Å². The zero-order valence-electron chi connectivity index (χ0n) is 23.9. The van der Waals surface area contributed by atoms with E-state index in [0.29, 0.717) is 53.5 Å². The number of halogens is 1. The maximum absolute atomic E-state index is 13.8. The first-order chi connectivity index (χ1) is 19.3. The summed E-state index contributed by atoms with van der Waals surface area (Å²) < 4.78 is 19.1. The summed E-state index contributed by atoms with van der Waals surface area (Å²) in [5.74, 6) is 2.30. The summed E-state index contributed by atoms with van der Waals surface area (Å²) in [5, 5.41) is 0. The van der Waals surface area contributed by atoms with Crippen LogP contribution in [0.2, 0.25) is 0 Å². The fourth-order valence-electron chi connectivity index (χ4n) is 8.46. The highest BCUT2D eigenvalue weighted by Crippen LogP contribution is 2.60. The van der Waals surface area contributed by atoms with E-state index >= 15 is 0 Å². The Bertz CT molecular complexity index is 1360. The lowest BCUT2D eigenvalue weighted by atomic mass is 9.52. The van der Waals surface area contributed by atoms with Crippen molar-refractivity contribution in [1.82, 2.24) is 0 Å². The molecule has 3 nitrogen and oxygen atoms in total. The first kappa shape index (κ1) is 27.2. The van der Waals surface area contributed by atoms with Gasteiger partial charge in [0.2, 0.25) is 0 Å². The summed E-state index contributed by atoms with van der Waals surface area (Å²) in [7, 11) is 0. The molecule has 40 heavy (non-hydrogen) atoms. The molecule has 1 aromatic carbocycles. The van der Waals surface area contributed by atoms with Gasteiger partial charge < -0.3 is 4.74 Å². The molecule has 8 atom stereocenters. The fourth-order valence-corrected chi connectivity index (χ4v) is 8.46. The molecule has 0 heterocycles. The van der Waals surface area contributed by atoms with E-state index in [1.165, 1.54) is 22.8 Å². The molecule has 1 unspecified atom stereocenters. The van der Waals surface area contributed by atoms with Crippen molar-refractivity contribution in [2.45, 2.75) is 52.9 Å². The molecule has 0 saturated heterocycles. The van der Waals surface area contributed by atoms with Gasteiger partial charge in [0.05, 0.1) is 6.61 Å². The zero-order valence-corrected chi connectivity index (χ0v) is 23.9. The van der Waals surface area contributed by atoms with E-state index in [9.17, 15) is 14.0 Å². The van der Waals surface area contributed by atoms with E-state index in [2.05, 4.69) is 51.2 Å². The van der Waals surface area contributed by atoms with Crippen LogP contribution >= 0.6 is 0 Å². The van der Waals surface area contributed by atoms with Gasteiger partial charge >= 0.3 is 5.97 Å². The number of fused-ring (bicyclic) bond motifs is 2. The van der Waals surface area contributed by atoms with Crippen molar-refractivity contribution in [2.24, 2.45) is 47.3 Å². The van der Waals surface area contributed by atoms with Crippen LogP contribution in [0.5, 0.6) is 0 Å². The predicted octanol–water partition coefficient (Wildman–Crippen LogP) is 7.87. The first-order valence-corrected chi connectivity index (χ1v) is 15.1. The number of rotatable bonds is 6. The molecular formula is C36H40FO3. The van der Waals surface area contributed by atoms with Gasteiger partial charge in [0.15, 0.2) is 5.78 Å². The van der Waals surface area contributed by atoms with Crippen LogP contribution in [0, 0.1) is 59.6 Å². The normalized spacial score (nSPS) is 34.9. The first-order valence-electron chi connectivity index (χ1n) is 15.1. The van der Waals surface area contributed by atoms with E-state index in [4.69, 9.17) is 4.74 Å². The fraction of sp³-hybridized carbons (Fsp3) is 0.472. The minimum atomic E-state index is -0.273. The maximum Gasteiger partial charge on any atom is 0.333 e. The number of allylic oxidation sites excluding steroid dienone is 8. The Morgan fingerprint density at radius 3 is 2.75 bits per heavy atom. The van der Waals surface area contributed by atoms with Gasteiger partial charge in [-0.2, -0.15) is 0 Å². The van der Waals surface area contributed by atoms with Crippen LogP contribution in [0.15, 0.2) is 77.4 Å². The summed E-state index contributed by atoms with van der Waals surface area (Å²) in [6.07, 6.45) is 15.9. The Labute approximate surface area is 238 Å². The SMILES string of the molecule is C=C(C(=O)OCC)[C@@H]1CC[C@H]2[C@@H](C1)C[C@H]1C(=O)C3=C([CH]3)[C@H](C)[C@@H]1[C@@H]2/C=C/C1=CC=C(c2cccc(F)c2)C(C)C1. The number of benzene rings is 1. The van der Waals surface area contributed by atoms with Crippen molar-refractivity contribution in [1.29, 1.82) is 0 Å².